The van der Waals surface area contributed by atoms with Crippen LogP contribution in [0.25, 0.3) is 6.08 Å². The number of rotatable bonds is 13. The number of hydrogen-bond acceptors (Lipinski definition) is 8. The minimum Gasteiger partial charge on any atom is -0.495 e. The lowest BCUT2D eigenvalue weighted by Crippen LogP contribution is -2.30. The van der Waals surface area contributed by atoms with Crippen molar-refractivity contribution in [3.05, 3.63) is 108 Å². The first-order chi connectivity index (χ1) is 21.8. The summed E-state index contributed by atoms with van der Waals surface area (Å²) in [5.41, 5.74) is 1.99. The SMILES string of the molecule is COc1ccccc1NC(=O)CSc1ccc(NC(=O)/C(=C/c2cc(OC)c(OC)c(OC)c2)NC(=O)c2ccccc2)cc1. The quantitative estimate of drug-likeness (QED) is 0.124. The lowest BCUT2D eigenvalue weighted by atomic mass is 10.1. The fourth-order valence-electron chi connectivity index (χ4n) is 4.21. The van der Waals surface area contributed by atoms with Gasteiger partial charge >= 0.3 is 0 Å². The van der Waals surface area contributed by atoms with Crippen LogP contribution < -0.4 is 34.9 Å². The van der Waals surface area contributed by atoms with E-state index in [1.165, 1.54) is 39.2 Å². The minimum absolute atomic E-state index is 0.00964. The predicted octanol–water partition coefficient (Wildman–Crippen LogP) is 5.86. The summed E-state index contributed by atoms with van der Waals surface area (Å²) in [6, 6.07) is 26.1. The molecule has 4 aromatic carbocycles. The van der Waals surface area contributed by atoms with Crippen LogP contribution in [0, 0.1) is 0 Å². The van der Waals surface area contributed by atoms with Crippen LogP contribution in [-0.4, -0.2) is 51.9 Å². The summed E-state index contributed by atoms with van der Waals surface area (Å²) < 4.78 is 21.5. The number of nitrogens with one attached hydrogen (secondary N) is 3. The van der Waals surface area contributed by atoms with Gasteiger partial charge < -0.3 is 34.9 Å². The van der Waals surface area contributed by atoms with Gasteiger partial charge in [0, 0.05) is 16.1 Å². The second-order valence-corrected chi connectivity index (χ2v) is 10.4. The highest BCUT2D eigenvalue weighted by Crippen LogP contribution is 2.38. The molecule has 0 atom stereocenters. The fourth-order valence-corrected chi connectivity index (χ4v) is 4.91. The molecule has 0 aliphatic heterocycles. The Kier molecular flexibility index (Phi) is 11.5. The zero-order chi connectivity index (χ0) is 32.2. The summed E-state index contributed by atoms with van der Waals surface area (Å²) in [5, 5.41) is 8.39. The molecule has 0 fully saturated rings. The van der Waals surface area contributed by atoms with E-state index in [9.17, 15) is 14.4 Å². The van der Waals surface area contributed by atoms with Crippen LogP contribution >= 0.6 is 11.8 Å². The van der Waals surface area contributed by atoms with Crippen LogP contribution in [0.2, 0.25) is 0 Å². The Morgan fingerprint density at radius 3 is 1.96 bits per heavy atom. The number of carbonyl (C=O) groups excluding carboxylic acids is 3. The molecule has 3 N–H and O–H groups in total. The van der Waals surface area contributed by atoms with Crippen LogP contribution in [0.5, 0.6) is 23.0 Å². The second-order valence-electron chi connectivity index (χ2n) is 9.35. The van der Waals surface area contributed by atoms with Gasteiger partial charge in [0.15, 0.2) is 11.5 Å². The van der Waals surface area contributed by atoms with Crippen LogP contribution in [0.4, 0.5) is 11.4 Å². The highest BCUT2D eigenvalue weighted by atomic mass is 32.2. The third-order valence-corrected chi connectivity index (χ3v) is 7.40. The van der Waals surface area contributed by atoms with Crippen molar-refractivity contribution in [3.63, 3.8) is 0 Å². The minimum atomic E-state index is -0.551. The van der Waals surface area contributed by atoms with E-state index in [-0.39, 0.29) is 17.4 Å². The van der Waals surface area contributed by atoms with Crippen LogP contribution in [0.3, 0.4) is 0 Å². The van der Waals surface area contributed by atoms with Crippen LogP contribution in [0.1, 0.15) is 15.9 Å². The largest absolute Gasteiger partial charge is 0.495 e. The molecular weight excluding hydrogens is 594 g/mol. The summed E-state index contributed by atoms with van der Waals surface area (Å²) in [5.74, 6) is 0.742. The molecule has 0 aliphatic carbocycles. The van der Waals surface area contributed by atoms with Crippen molar-refractivity contribution < 1.29 is 33.3 Å². The molecule has 0 saturated carbocycles. The van der Waals surface area contributed by atoms with Crippen LogP contribution in [-0.2, 0) is 9.59 Å². The van der Waals surface area contributed by atoms with Gasteiger partial charge in [-0.1, -0.05) is 30.3 Å². The summed E-state index contributed by atoms with van der Waals surface area (Å²) in [7, 11) is 6.02. The number of benzene rings is 4. The Morgan fingerprint density at radius 1 is 0.711 bits per heavy atom. The lowest BCUT2D eigenvalue weighted by molar-refractivity contribution is -0.114. The predicted molar refractivity (Wildman–Crippen MR) is 175 cm³/mol. The van der Waals surface area contributed by atoms with E-state index in [0.717, 1.165) is 4.90 Å². The van der Waals surface area contributed by atoms with Gasteiger partial charge in [-0.15, -0.1) is 11.8 Å². The van der Waals surface area contributed by atoms with Gasteiger partial charge in [-0.2, -0.15) is 0 Å². The molecule has 0 spiro atoms. The Labute approximate surface area is 265 Å². The molecule has 45 heavy (non-hydrogen) atoms. The van der Waals surface area contributed by atoms with Gasteiger partial charge in [0.05, 0.1) is 39.9 Å². The Hall–Kier alpha value is -5.42. The monoisotopic (exact) mass is 627 g/mol. The number of thioether (sulfide) groups is 1. The summed E-state index contributed by atoms with van der Waals surface area (Å²) >= 11 is 1.34. The van der Waals surface area contributed by atoms with Crippen molar-refractivity contribution in [2.45, 2.75) is 4.90 Å². The molecular formula is C34H33N3O7S. The lowest BCUT2D eigenvalue weighted by Gasteiger charge is -2.15. The van der Waals surface area contributed by atoms with Gasteiger partial charge in [0.2, 0.25) is 11.7 Å². The summed E-state index contributed by atoms with van der Waals surface area (Å²) in [6.07, 6.45) is 1.52. The molecule has 4 aromatic rings. The molecule has 4 rings (SSSR count). The van der Waals surface area contributed by atoms with E-state index in [4.69, 9.17) is 18.9 Å². The maximum Gasteiger partial charge on any atom is 0.272 e. The summed E-state index contributed by atoms with van der Waals surface area (Å²) in [4.78, 5) is 39.8. The average molecular weight is 628 g/mol. The first kappa shape index (κ1) is 32.5. The van der Waals surface area contributed by atoms with E-state index in [2.05, 4.69) is 16.0 Å². The Morgan fingerprint density at radius 2 is 1.33 bits per heavy atom. The molecule has 0 bridgehead atoms. The van der Waals surface area contributed by atoms with Gasteiger partial charge in [-0.3, -0.25) is 14.4 Å². The highest BCUT2D eigenvalue weighted by Gasteiger charge is 2.18. The highest BCUT2D eigenvalue weighted by molar-refractivity contribution is 8.00. The van der Waals surface area contributed by atoms with Crippen molar-refractivity contribution in [2.24, 2.45) is 0 Å². The fraction of sp³-hybridized carbons (Fsp3) is 0.147. The Bertz CT molecular complexity index is 1650. The molecule has 0 unspecified atom stereocenters. The van der Waals surface area contributed by atoms with Gasteiger partial charge in [-0.05, 0) is 72.3 Å². The molecule has 0 radical (unpaired) electrons. The molecule has 0 aromatic heterocycles. The number of anilines is 2. The number of ether oxygens (including phenoxy) is 4. The van der Waals surface area contributed by atoms with Crippen molar-refractivity contribution in [3.8, 4) is 23.0 Å². The third kappa shape index (κ3) is 8.80. The molecule has 11 heteroatoms. The second kappa shape index (κ2) is 15.9. The molecule has 0 aliphatic rings. The normalized spacial score (nSPS) is 10.8. The van der Waals surface area contributed by atoms with Gasteiger partial charge in [0.1, 0.15) is 11.4 Å². The molecule has 0 heterocycles. The number of hydrogen-bond donors (Lipinski definition) is 3. The first-order valence-corrected chi connectivity index (χ1v) is 14.7. The maximum absolute atomic E-state index is 13.5. The van der Waals surface area contributed by atoms with Gasteiger partial charge in [0.25, 0.3) is 11.8 Å². The zero-order valence-electron chi connectivity index (χ0n) is 25.2. The van der Waals surface area contributed by atoms with Crippen molar-refractivity contribution >= 4 is 46.9 Å². The van der Waals surface area contributed by atoms with E-state index in [1.807, 2.05) is 12.1 Å². The van der Waals surface area contributed by atoms with Crippen LogP contribution in [0.15, 0.2) is 102 Å². The zero-order valence-corrected chi connectivity index (χ0v) is 26.0. The van der Waals surface area contributed by atoms with Gasteiger partial charge in [-0.25, -0.2) is 0 Å². The van der Waals surface area contributed by atoms with E-state index in [1.54, 1.807) is 86.0 Å². The van der Waals surface area contributed by atoms with Crippen molar-refractivity contribution in [1.82, 2.24) is 5.32 Å². The smallest absolute Gasteiger partial charge is 0.272 e. The maximum atomic E-state index is 13.5. The van der Waals surface area contributed by atoms with E-state index < -0.39 is 11.8 Å². The number of para-hydroxylation sites is 2. The standard InChI is InChI=1S/C34H33N3O7S/c1-41-28-13-9-8-12-26(28)36-31(38)21-45-25-16-14-24(15-17-25)35-34(40)27(37-33(39)23-10-6-5-7-11-23)18-22-19-29(42-2)32(44-4)30(20-22)43-3/h5-20H,21H2,1-4H3,(H,35,40)(H,36,38)(H,37,39)/b27-18-. The molecule has 3 amide bonds. The average Bonchev–Trinajstić information content (AvgIpc) is 3.07. The molecule has 0 saturated heterocycles. The molecule has 10 nitrogen and oxygen atoms in total. The van der Waals surface area contributed by atoms with E-state index in [0.29, 0.717) is 45.5 Å². The van der Waals surface area contributed by atoms with Crippen molar-refractivity contribution in [1.29, 1.82) is 0 Å². The summed E-state index contributed by atoms with van der Waals surface area (Å²) in [6.45, 7) is 0. The topological polar surface area (TPSA) is 124 Å². The first-order valence-electron chi connectivity index (χ1n) is 13.7. The third-order valence-electron chi connectivity index (χ3n) is 6.39. The Balaban J connectivity index is 1.49. The number of amides is 3. The van der Waals surface area contributed by atoms with Crippen molar-refractivity contribution in [2.75, 3.05) is 44.8 Å². The number of carbonyl (C=O) groups is 3. The molecule has 232 valence electrons. The number of methoxy groups -OCH3 is 4. The van der Waals surface area contributed by atoms with E-state index >= 15 is 0 Å².